The molecule has 4 heterocycles. The topological polar surface area (TPSA) is 44.4 Å². The van der Waals surface area contributed by atoms with Crippen LogP contribution >= 0.6 is 0 Å². The van der Waals surface area contributed by atoms with Crippen LogP contribution in [0, 0.1) is 0 Å². The Morgan fingerprint density at radius 3 is 2.21 bits per heavy atom. The lowest BCUT2D eigenvalue weighted by molar-refractivity contribution is 0.00244. The van der Waals surface area contributed by atoms with E-state index in [1.54, 1.807) is 0 Å². The number of anilines is 1. The summed E-state index contributed by atoms with van der Waals surface area (Å²) in [4.78, 5) is 14.6. The molecule has 2 amide bonds. The first-order valence-electron chi connectivity index (χ1n) is 7.20. The van der Waals surface area contributed by atoms with E-state index in [4.69, 9.17) is 0 Å². The molecule has 1 aromatic rings. The second-order valence-electron chi connectivity index (χ2n) is 6.01. The molecule has 4 fully saturated rings. The van der Waals surface area contributed by atoms with Crippen LogP contribution < -0.4 is 10.6 Å². The van der Waals surface area contributed by atoms with Crippen LogP contribution in [0.1, 0.15) is 25.7 Å². The van der Waals surface area contributed by atoms with Crippen LogP contribution in [0.15, 0.2) is 30.3 Å². The van der Waals surface area contributed by atoms with Gasteiger partial charge < -0.3 is 15.5 Å². The van der Waals surface area contributed by atoms with Gasteiger partial charge in [-0.25, -0.2) is 4.79 Å². The Balaban J connectivity index is 1.51. The van der Waals surface area contributed by atoms with Crippen molar-refractivity contribution >= 4 is 11.7 Å². The second kappa shape index (κ2) is 4.23. The summed E-state index contributed by atoms with van der Waals surface area (Å²) in [6.45, 7) is 0. The third-order valence-corrected chi connectivity index (χ3v) is 4.74. The molecule has 100 valence electrons. The minimum Gasteiger partial charge on any atom is -0.318 e. The van der Waals surface area contributed by atoms with Gasteiger partial charge in [-0.2, -0.15) is 0 Å². The Morgan fingerprint density at radius 1 is 1.05 bits per heavy atom. The van der Waals surface area contributed by atoms with E-state index in [2.05, 4.69) is 15.5 Å². The lowest BCUT2D eigenvalue weighted by atomic mass is 9.75. The zero-order chi connectivity index (χ0) is 12.8. The van der Waals surface area contributed by atoms with Gasteiger partial charge in [0.05, 0.1) is 0 Å². The van der Waals surface area contributed by atoms with Crippen molar-refractivity contribution in [1.29, 1.82) is 0 Å². The lowest BCUT2D eigenvalue weighted by Gasteiger charge is -2.56. The van der Waals surface area contributed by atoms with Crippen LogP contribution in [0.2, 0.25) is 0 Å². The van der Waals surface area contributed by atoms with Gasteiger partial charge in [0.2, 0.25) is 0 Å². The number of benzene rings is 1. The SMILES string of the molecule is O=C(Nc1ccccc1)N1C2CC3CC1CC(C2)N3. The summed E-state index contributed by atoms with van der Waals surface area (Å²) in [6.07, 6.45) is 4.48. The molecule has 19 heavy (non-hydrogen) atoms. The van der Waals surface area contributed by atoms with Crippen molar-refractivity contribution in [3.8, 4) is 0 Å². The molecule has 4 saturated heterocycles. The summed E-state index contributed by atoms with van der Waals surface area (Å²) in [5.74, 6) is 0. The first-order chi connectivity index (χ1) is 9.29. The van der Waals surface area contributed by atoms with Crippen molar-refractivity contribution in [1.82, 2.24) is 10.2 Å². The predicted molar refractivity (Wildman–Crippen MR) is 74.1 cm³/mol. The fourth-order valence-electron chi connectivity index (χ4n) is 4.10. The van der Waals surface area contributed by atoms with Crippen molar-refractivity contribution in [3.63, 3.8) is 0 Å². The number of para-hydroxylation sites is 1. The highest BCUT2D eigenvalue weighted by molar-refractivity contribution is 5.90. The fraction of sp³-hybridized carbons (Fsp3) is 0.533. The van der Waals surface area contributed by atoms with Crippen molar-refractivity contribution in [3.05, 3.63) is 30.3 Å². The van der Waals surface area contributed by atoms with Gasteiger partial charge in [-0.15, -0.1) is 0 Å². The number of amides is 2. The molecule has 4 bridgehead atoms. The zero-order valence-corrected chi connectivity index (χ0v) is 10.9. The fourth-order valence-corrected chi connectivity index (χ4v) is 4.10. The molecule has 0 aromatic heterocycles. The van der Waals surface area contributed by atoms with Crippen LogP contribution in [-0.2, 0) is 0 Å². The van der Waals surface area contributed by atoms with Gasteiger partial charge in [-0.05, 0) is 37.8 Å². The van der Waals surface area contributed by atoms with Gasteiger partial charge in [0, 0.05) is 29.9 Å². The number of carbonyl (C=O) groups excluding carboxylic acids is 1. The summed E-state index contributed by atoms with van der Waals surface area (Å²) >= 11 is 0. The van der Waals surface area contributed by atoms with E-state index < -0.39 is 0 Å². The predicted octanol–water partition coefficient (Wildman–Crippen LogP) is 2.19. The lowest BCUT2D eigenvalue weighted by Crippen LogP contribution is -2.69. The highest BCUT2D eigenvalue weighted by Gasteiger charge is 2.48. The molecular formula is C15H19N3O. The van der Waals surface area contributed by atoms with Gasteiger partial charge in [0.15, 0.2) is 0 Å². The van der Waals surface area contributed by atoms with E-state index in [0.717, 1.165) is 31.4 Å². The van der Waals surface area contributed by atoms with Gasteiger partial charge in [0.1, 0.15) is 0 Å². The maximum Gasteiger partial charge on any atom is 0.322 e. The smallest absolute Gasteiger partial charge is 0.318 e. The number of rotatable bonds is 1. The van der Waals surface area contributed by atoms with Gasteiger partial charge in [-0.3, -0.25) is 0 Å². The van der Waals surface area contributed by atoms with E-state index in [0.29, 0.717) is 24.2 Å². The van der Waals surface area contributed by atoms with Crippen molar-refractivity contribution in [2.24, 2.45) is 0 Å². The Morgan fingerprint density at radius 2 is 1.63 bits per heavy atom. The Bertz CT molecular complexity index is 459. The molecule has 4 heteroatoms. The van der Waals surface area contributed by atoms with Crippen LogP contribution in [-0.4, -0.2) is 35.1 Å². The van der Waals surface area contributed by atoms with Gasteiger partial charge in [0.25, 0.3) is 0 Å². The molecule has 0 unspecified atom stereocenters. The molecule has 2 N–H and O–H groups in total. The maximum atomic E-state index is 12.5. The molecule has 0 saturated carbocycles. The van der Waals surface area contributed by atoms with E-state index >= 15 is 0 Å². The number of nitrogens with zero attached hydrogens (tertiary/aromatic N) is 1. The first-order valence-corrected chi connectivity index (χ1v) is 7.20. The normalized spacial score (nSPS) is 35.5. The highest BCUT2D eigenvalue weighted by atomic mass is 16.2. The van der Waals surface area contributed by atoms with E-state index in [-0.39, 0.29) is 6.03 Å². The maximum absolute atomic E-state index is 12.5. The Kier molecular flexibility index (Phi) is 2.52. The zero-order valence-electron chi connectivity index (χ0n) is 10.9. The van der Waals surface area contributed by atoms with Crippen molar-refractivity contribution in [2.75, 3.05) is 5.32 Å². The largest absolute Gasteiger partial charge is 0.322 e. The minimum absolute atomic E-state index is 0.0833. The summed E-state index contributed by atoms with van der Waals surface area (Å²) in [6, 6.07) is 12.0. The van der Waals surface area contributed by atoms with Crippen LogP contribution in [0.3, 0.4) is 0 Å². The number of piperidine rings is 4. The third kappa shape index (κ3) is 1.91. The standard InChI is InChI=1S/C15H19N3O/c19-15(17-10-4-2-1-3-5-10)18-13-6-11-7-14(18)9-12(8-13)16-11/h1-5,11-14,16H,6-9H2,(H,17,19). The molecule has 1 aromatic carbocycles. The average molecular weight is 257 g/mol. The van der Waals surface area contributed by atoms with Crippen molar-refractivity contribution < 1.29 is 4.79 Å². The van der Waals surface area contributed by atoms with Gasteiger partial charge >= 0.3 is 6.03 Å². The van der Waals surface area contributed by atoms with Crippen LogP contribution in [0.25, 0.3) is 0 Å². The number of hydrogen-bond acceptors (Lipinski definition) is 2. The summed E-state index contributed by atoms with van der Waals surface area (Å²) in [5.41, 5.74) is 0.888. The monoisotopic (exact) mass is 257 g/mol. The van der Waals surface area contributed by atoms with E-state index in [9.17, 15) is 4.79 Å². The third-order valence-electron chi connectivity index (χ3n) is 4.74. The van der Waals surface area contributed by atoms with E-state index in [1.165, 1.54) is 0 Å². The number of carbonyl (C=O) groups is 1. The molecule has 4 aliphatic heterocycles. The van der Waals surface area contributed by atoms with Crippen molar-refractivity contribution in [2.45, 2.75) is 49.9 Å². The van der Waals surface area contributed by atoms with E-state index in [1.807, 2.05) is 30.3 Å². The highest BCUT2D eigenvalue weighted by Crippen LogP contribution is 2.39. The molecule has 0 atom stereocenters. The molecule has 5 rings (SSSR count). The quantitative estimate of drug-likeness (QED) is 0.810. The van der Waals surface area contributed by atoms with Crippen LogP contribution in [0.5, 0.6) is 0 Å². The molecule has 4 nitrogen and oxygen atoms in total. The minimum atomic E-state index is 0.0833. The summed E-state index contributed by atoms with van der Waals surface area (Å²) < 4.78 is 0. The molecule has 0 radical (unpaired) electrons. The Hall–Kier alpha value is -1.55. The number of urea groups is 1. The second-order valence-corrected chi connectivity index (χ2v) is 6.01. The molecule has 4 aliphatic rings. The van der Waals surface area contributed by atoms with Gasteiger partial charge in [-0.1, -0.05) is 18.2 Å². The summed E-state index contributed by atoms with van der Waals surface area (Å²) in [7, 11) is 0. The Labute approximate surface area is 113 Å². The molecule has 0 aliphatic carbocycles. The number of nitrogens with one attached hydrogen (secondary N) is 2. The molecule has 0 spiro atoms. The first kappa shape index (κ1) is 11.3. The number of hydrogen-bond donors (Lipinski definition) is 2. The summed E-state index contributed by atoms with van der Waals surface area (Å²) in [5, 5.41) is 6.70. The average Bonchev–Trinajstić information content (AvgIpc) is 2.38. The van der Waals surface area contributed by atoms with Crippen LogP contribution in [0.4, 0.5) is 10.5 Å². The molecular weight excluding hydrogens is 238 g/mol.